The molecular weight excluding hydrogens is 430 g/mol. The lowest BCUT2D eigenvalue weighted by Crippen LogP contribution is -2.32. The standard InChI is InChI=1S/C28H33NO5/c1-3-4-8-20-34-23-15-13-22(14-16-23)26-25(24(30)17-12-21-10-6-5-7-11-21)27(31)28(32)29(26)18-9-19-33-2/h5-7,10-17,26,31H,3-4,8-9,18-20H2,1-2H3. The smallest absolute Gasteiger partial charge is 0.290 e. The third kappa shape index (κ3) is 6.35. The van der Waals surface area contributed by atoms with Crippen LogP contribution in [0.15, 0.2) is 72.0 Å². The molecule has 0 saturated carbocycles. The van der Waals surface area contributed by atoms with Crippen LogP contribution in [0.2, 0.25) is 0 Å². The first-order valence-corrected chi connectivity index (χ1v) is 11.8. The number of methoxy groups -OCH3 is 1. The summed E-state index contributed by atoms with van der Waals surface area (Å²) in [6, 6.07) is 16.1. The van der Waals surface area contributed by atoms with Crippen molar-refractivity contribution in [3.63, 3.8) is 0 Å². The number of nitrogens with zero attached hydrogens (tertiary/aromatic N) is 1. The number of ether oxygens (including phenoxy) is 2. The van der Waals surface area contributed by atoms with Crippen LogP contribution in [0.25, 0.3) is 6.08 Å². The van der Waals surface area contributed by atoms with E-state index < -0.39 is 23.5 Å². The third-order valence-electron chi connectivity index (χ3n) is 5.76. The van der Waals surface area contributed by atoms with E-state index in [4.69, 9.17) is 9.47 Å². The summed E-state index contributed by atoms with van der Waals surface area (Å²) in [7, 11) is 1.60. The van der Waals surface area contributed by atoms with Gasteiger partial charge in [-0.2, -0.15) is 0 Å². The maximum absolute atomic E-state index is 13.2. The summed E-state index contributed by atoms with van der Waals surface area (Å²) >= 11 is 0. The van der Waals surface area contributed by atoms with Gasteiger partial charge in [0.25, 0.3) is 5.91 Å². The Bertz CT molecular complexity index is 1010. The van der Waals surface area contributed by atoms with Crippen molar-refractivity contribution in [1.82, 2.24) is 4.90 Å². The molecular formula is C28H33NO5. The second kappa shape index (κ2) is 12.8. The average molecular weight is 464 g/mol. The van der Waals surface area contributed by atoms with Gasteiger partial charge in [-0.25, -0.2) is 0 Å². The highest BCUT2D eigenvalue weighted by Crippen LogP contribution is 2.38. The van der Waals surface area contributed by atoms with Crippen LogP contribution in [0.4, 0.5) is 0 Å². The Balaban J connectivity index is 1.85. The molecule has 2 aromatic carbocycles. The predicted octanol–water partition coefficient (Wildman–Crippen LogP) is 5.27. The normalized spacial score (nSPS) is 16.0. The second-order valence-electron chi connectivity index (χ2n) is 8.24. The first kappa shape index (κ1) is 25.2. The molecule has 1 aliphatic rings. The van der Waals surface area contributed by atoms with Crippen molar-refractivity contribution in [2.45, 2.75) is 38.6 Å². The Kier molecular flexibility index (Phi) is 9.47. The number of amides is 1. The first-order chi connectivity index (χ1) is 16.6. The number of aliphatic hydroxyl groups is 1. The van der Waals surface area contributed by atoms with Crippen molar-refractivity contribution in [3.05, 3.63) is 83.1 Å². The number of ketones is 1. The van der Waals surface area contributed by atoms with Crippen LogP contribution >= 0.6 is 0 Å². The molecule has 0 radical (unpaired) electrons. The maximum Gasteiger partial charge on any atom is 0.290 e. The van der Waals surface area contributed by atoms with Crippen LogP contribution in [-0.4, -0.2) is 48.6 Å². The topological polar surface area (TPSA) is 76.1 Å². The fourth-order valence-corrected chi connectivity index (χ4v) is 3.98. The number of benzene rings is 2. The van der Waals surface area contributed by atoms with E-state index in [9.17, 15) is 14.7 Å². The molecule has 0 fully saturated rings. The molecule has 6 nitrogen and oxygen atoms in total. The van der Waals surface area contributed by atoms with Gasteiger partial charge in [-0.05, 0) is 42.2 Å². The van der Waals surface area contributed by atoms with Gasteiger partial charge in [0.05, 0.1) is 18.2 Å². The quantitative estimate of drug-likeness (QED) is 0.323. The van der Waals surface area contributed by atoms with Crippen molar-refractivity contribution >= 4 is 17.8 Å². The van der Waals surface area contributed by atoms with Gasteiger partial charge in [0.1, 0.15) is 5.75 Å². The zero-order valence-electron chi connectivity index (χ0n) is 19.9. The van der Waals surface area contributed by atoms with E-state index in [1.165, 1.54) is 11.0 Å². The number of hydrogen-bond donors (Lipinski definition) is 1. The number of carbonyl (C=O) groups excluding carboxylic acids is 2. The van der Waals surface area contributed by atoms with E-state index in [-0.39, 0.29) is 5.57 Å². The predicted molar refractivity (Wildman–Crippen MR) is 133 cm³/mol. The molecule has 1 aliphatic heterocycles. The number of carbonyl (C=O) groups is 2. The Hall–Kier alpha value is -3.38. The Morgan fingerprint density at radius 1 is 1.03 bits per heavy atom. The molecule has 1 heterocycles. The molecule has 3 rings (SSSR count). The summed E-state index contributed by atoms with van der Waals surface area (Å²) < 4.78 is 10.9. The molecule has 1 N–H and O–H groups in total. The minimum absolute atomic E-state index is 0.0891. The van der Waals surface area contributed by atoms with Crippen molar-refractivity contribution in [2.75, 3.05) is 26.9 Å². The van der Waals surface area contributed by atoms with E-state index in [1.54, 1.807) is 13.2 Å². The van der Waals surface area contributed by atoms with Crippen LogP contribution in [0.1, 0.15) is 49.8 Å². The Labute approximate surface area is 201 Å². The average Bonchev–Trinajstić information content (AvgIpc) is 3.11. The molecule has 6 heteroatoms. The Morgan fingerprint density at radius 3 is 2.44 bits per heavy atom. The molecule has 0 saturated heterocycles. The van der Waals surface area contributed by atoms with Crippen molar-refractivity contribution < 1.29 is 24.2 Å². The minimum atomic E-state index is -0.675. The van der Waals surface area contributed by atoms with Crippen molar-refractivity contribution in [1.29, 1.82) is 0 Å². The number of aliphatic hydroxyl groups excluding tert-OH is 1. The van der Waals surface area contributed by atoms with E-state index in [0.717, 1.165) is 36.1 Å². The fourth-order valence-electron chi connectivity index (χ4n) is 3.98. The van der Waals surface area contributed by atoms with Crippen molar-refractivity contribution in [2.24, 2.45) is 0 Å². The van der Waals surface area contributed by atoms with Gasteiger partial charge in [-0.3, -0.25) is 9.59 Å². The molecule has 1 amide bonds. The van der Waals surface area contributed by atoms with E-state index in [1.807, 2.05) is 54.6 Å². The molecule has 1 atom stereocenters. The number of rotatable bonds is 13. The zero-order chi connectivity index (χ0) is 24.3. The van der Waals surface area contributed by atoms with Gasteiger partial charge >= 0.3 is 0 Å². The first-order valence-electron chi connectivity index (χ1n) is 11.8. The highest BCUT2D eigenvalue weighted by molar-refractivity contribution is 6.14. The van der Waals surface area contributed by atoms with Crippen LogP contribution < -0.4 is 4.74 Å². The van der Waals surface area contributed by atoms with E-state index >= 15 is 0 Å². The fraction of sp³-hybridized carbons (Fsp3) is 0.357. The summed E-state index contributed by atoms with van der Waals surface area (Å²) in [5.41, 5.74) is 1.69. The van der Waals surface area contributed by atoms with Crippen LogP contribution in [0, 0.1) is 0 Å². The number of allylic oxidation sites excluding steroid dienone is 1. The second-order valence-corrected chi connectivity index (χ2v) is 8.24. The van der Waals surface area contributed by atoms with Gasteiger partial charge in [0.15, 0.2) is 11.5 Å². The zero-order valence-corrected chi connectivity index (χ0v) is 19.9. The van der Waals surface area contributed by atoms with Gasteiger partial charge in [0.2, 0.25) is 0 Å². The van der Waals surface area contributed by atoms with Gasteiger partial charge in [-0.1, -0.05) is 68.3 Å². The van der Waals surface area contributed by atoms with E-state index in [2.05, 4.69) is 6.92 Å². The maximum atomic E-state index is 13.2. The lowest BCUT2D eigenvalue weighted by atomic mass is 9.95. The SMILES string of the molecule is CCCCCOc1ccc(C2C(C(=O)C=Cc3ccccc3)=C(O)C(=O)N2CCCOC)cc1. The number of hydrogen-bond acceptors (Lipinski definition) is 5. The monoisotopic (exact) mass is 463 g/mol. The summed E-state index contributed by atoms with van der Waals surface area (Å²) in [6.07, 6.45) is 6.92. The third-order valence-corrected chi connectivity index (χ3v) is 5.76. The molecule has 0 aromatic heterocycles. The van der Waals surface area contributed by atoms with Crippen LogP contribution in [0.5, 0.6) is 5.75 Å². The summed E-state index contributed by atoms with van der Waals surface area (Å²) in [5.74, 6) is -0.698. The molecule has 0 aliphatic carbocycles. The molecule has 2 aromatic rings. The highest BCUT2D eigenvalue weighted by Gasteiger charge is 2.42. The number of unbranched alkanes of at least 4 members (excludes halogenated alkanes) is 2. The van der Waals surface area contributed by atoms with Crippen LogP contribution in [0.3, 0.4) is 0 Å². The molecule has 180 valence electrons. The minimum Gasteiger partial charge on any atom is -0.503 e. The van der Waals surface area contributed by atoms with Gasteiger partial charge in [0, 0.05) is 20.3 Å². The Morgan fingerprint density at radius 2 is 1.76 bits per heavy atom. The molecule has 0 spiro atoms. The van der Waals surface area contributed by atoms with Gasteiger partial charge in [-0.15, -0.1) is 0 Å². The summed E-state index contributed by atoms with van der Waals surface area (Å²) in [4.78, 5) is 27.6. The van der Waals surface area contributed by atoms with Gasteiger partial charge < -0.3 is 19.5 Å². The van der Waals surface area contributed by atoms with E-state index in [0.29, 0.717) is 26.2 Å². The molecule has 1 unspecified atom stereocenters. The molecule has 0 bridgehead atoms. The largest absolute Gasteiger partial charge is 0.503 e. The molecule has 34 heavy (non-hydrogen) atoms. The van der Waals surface area contributed by atoms with Crippen LogP contribution in [-0.2, 0) is 14.3 Å². The highest BCUT2D eigenvalue weighted by atomic mass is 16.5. The summed E-state index contributed by atoms with van der Waals surface area (Å²) in [6.45, 7) is 3.62. The lowest BCUT2D eigenvalue weighted by molar-refractivity contribution is -0.129. The van der Waals surface area contributed by atoms with Crippen molar-refractivity contribution in [3.8, 4) is 5.75 Å². The summed E-state index contributed by atoms with van der Waals surface area (Å²) in [5, 5.41) is 10.7. The lowest BCUT2D eigenvalue weighted by Gasteiger charge is -2.26.